The number of primary amides is 1. The average Bonchev–Trinajstić information content (AvgIpc) is 2.86. The van der Waals surface area contributed by atoms with E-state index >= 15 is 0 Å². The molecule has 3 aromatic rings. The van der Waals surface area contributed by atoms with Crippen LogP contribution in [0, 0.1) is 0 Å². The molecule has 9 heteroatoms. The molecule has 0 saturated heterocycles. The number of hydrogen-bond donors (Lipinski definition) is 4. The predicted octanol–water partition coefficient (Wildman–Crippen LogP) is 1.54. The third kappa shape index (κ3) is 7.95. The molecule has 0 spiro atoms. The smallest absolute Gasteiger partial charge is 0.326 e. The van der Waals surface area contributed by atoms with E-state index in [1.807, 2.05) is 54.6 Å². The van der Waals surface area contributed by atoms with Gasteiger partial charge in [0, 0.05) is 18.1 Å². The molecule has 3 rings (SSSR count). The van der Waals surface area contributed by atoms with Crippen LogP contribution in [0.3, 0.4) is 0 Å². The molecule has 1 atom stereocenters. The summed E-state index contributed by atoms with van der Waals surface area (Å²) in [6, 6.07) is 18.1. The fourth-order valence-electron chi connectivity index (χ4n) is 3.40. The third-order valence-corrected chi connectivity index (χ3v) is 5.20. The van der Waals surface area contributed by atoms with Gasteiger partial charge < -0.3 is 27.2 Å². The second-order valence-electron chi connectivity index (χ2n) is 7.59. The highest BCUT2D eigenvalue weighted by molar-refractivity contribution is 5.96. The molecule has 180 valence electrons. The summed E-state index contributed by atoms with van der Waals surface area (Å²) in [5.74, 6) is -1.81. The summed E-state index contributed by atoms with van der Waals surface area (Å²) >= 11 is 0. The summed E-state index contributed by atoms with van der Waals surface area (Å²) in [6.45, 7) is 0.538. The van der Waals surface area contributed by atoms with Crippen molar-refractivity contribution in [2.45, 2.75) is 25.3 Å². The minimum absolute atomic E-state index is 0.193. The van der Waals surface area contributed by atoms with Crippen LogP contribution in [0.15, 0.2) is 66.9 Å². The molecule has 0 aliphatic rings. The highest BCUT2D eigenvalue weighted by Gasteiger charge is 2.28. The SMILES string of the molecule is NC(=O)c1cnc2ccccc2c1.NCCC[C@@H](C(=O)O)N(CCc1ccccc1)C(=O)CN. The maximum absolute atomic E-state index is 11.9. The van der Waals surface area contributed by atoms with Gasteiger partial charge in [-0.2, -0.15) is 0 Å². The van der Waals surface area contributed by atoms with E-state index < -0.39 is 17.9 Å². The Hall–Kier alpha value is -3.82. The first-order valence-corrected chi connectivity index (χ1v) is 11.0. The lowest BCUT2D eigenvalue weighted by Crippen LogP contribution is -2.48. The maximum atomic E-state index is 11.9. The maximum Gasteiger partial charge on any atom is 0.326 e. The number of pyridine rings is 1. The number of carbonyl (C=O) groups excluding carboxylic acids is 2. The van der Waals surface area contributed by atoms with Crippen molar-refractivity contribution in [2.24, 2.45) is 17.2 Å². The first-order valence-electron chi connectivity index (χ1n) is 11.0. The van der Waals surface area contributed by atoms with E-state index in [0.29, 0.717) is 37.9 Å². The molecule has 0 fully saturated rings. The second kappa shape index (κ2) is 13.7. The lowest BCUT2D eigenvalue weighted by Gasteiger charge is -2.28. The number of carbonyl (C=O) groups is 3. The van der Waals surface area contributed by atoms with Gasteiger partial charge in [-0.05, 0) is 43.5 Å². The molecule has 0 saturated carbocycles. The van der Waals surface area contributed by atoms with E-state index in [0.717, 1.165) is 16.5 Å². The first kappa shape index (κ1) is 26.4. The Morgan fingerprint density at radius 1 is 1.00 bits per heavy atom. The highest BCUT2D eigenvalue weighted by Crippen LogP contribution is 2.12. The zero-order chi connectivity index (χ0) is 24.9. The Morgan fingerprint density at radius 2 is 1.68 bits per heavy atom. The van der Waals surface area contributed by atoms with Crippen molar-refractivity contribution in [2.75, 3.05) is 19.6 Å². The van der Waals surface area contributed by atoms with Crippen molar-refractivity contribution in [3.8, 4) is 0 Å². The summed E-state index contributed by atoms with van der Waals surface area (Å²) in [5, 5.41) is 10.3. The molecule has 0 bridgehead atoms. The van der Waals surface area contributed by atoms with Crippen molar-refractivity contribution in [1.82, 2.24) is 9.88 Å². The van der Waals surface area contributed by atoms with Crippen LogP contribution >= 0.6 is 0 Å². The number of fused-ring (bicyclic) bond motifs is 1. The quantitative estimate of drug-likeness (QED) is 0.352. The van der Waals surface area contributed by atoms with E-state index in [-0.39, 0.29) is 12.5 Å². The number of aliphatic carboxylic acids is 1. The number of nitrogens with two attached hydrogens (primary N) is 3. The van der Waals surface area contributed by atoms with Crippen molar-refractivity contribution in [3.63, 3.8) is 0 Å². The van der Waals surface area contributed by atoms with Gasteiger partial charge in [-0.15, -0.1) is 0 Å². The Kier molecular flexibility index (Phi) is 10.6. The molecule has 1 aromatic heterocycles. The number of benzene rings is 2. The number of aromatic nitrogens is 1. The molecule has 1 heterocycles. The molecule has 0 aliphatic carbocycles. The second-order valence-corrected chi connectivity index (χ2v) is 7.59. The monoisotopic (exact) mass is 465 g/mol. The Morgan fingerprint density at radius 3 is 2.29 bits per heavy atom. The molecule has 9 nitrogen and oxygen atoms in total. The van der Waals surface area contributed by atoms with Crippen LogP contribution < -0.4 is 17.2 Å². The van der Waals surface area contributed by atoms with Gasteiger partial charge in [0.05, 0.1) is 17.6 Å². The minimum atomic E-state index is -1.02. The fourth-order valence-corrected chi connectivity index (χ4v) is 3.40. The lowest BCUT2D eigenvalue weighted by atomic mass is 10.1. The van der Waals surface area contributed by atoms with E-state index in [1.165, 1.54) is 11.1 Å². The van der Waals surface area contributed by atoms with E-state index in [9.17, 15) is 19.5 Å². The van der Waals surface area contributed by atoms with Crippen molar-refractivity contribution >= 4 is 28.7 Å². The van der Waals surface area contributed by atoms with Crippen molar-refractivity contribution in [3.05, 3.63) is 78.0 Å². The minimum Gasteiger partial charge on any atom is -0.480 e. The number of amides is 2. The van der Waals surface area contributed by atoms with Crippen molar-refractivity contribution < 1.29 is 19.5 Å². The van der Waals surface area contributed by atoms with Crippen LogP contribution in [-0.2, 0) is 16.0 Å². The summed E-state index contributed by atoms with van der Waals surface area (Å²) in [5.41, 5.74) is 18.3. The molecular weight excluding hydrogens is 434 g/mol. The topological polar surface area (TPSA) is 166 Å². The van der Waals surface area contributed by atoms with Gasteiger partial charge in [-0.3, -0.25) is 14.6 Å². The van der Waals surface area contributed by atoms with Crippen LogP contribution in [0.4, 0.5) is 0 Å². The number of hydrogen-bond acceptors (Lipinski definition) is 6. The summed E-state index contributed by atoms with van der Waals surface area (Å²) in [6.07, 6.45) is 2.98. The van der Waals surface area contributed by atoms with Gasteiger partial charge in [0.2, 0.25) is 11.8 Å². The van der Waals surface area contributed by atoms with Gasteiger partial charge in [0.25, 0.3) is 0 Å². The van der Waals surface area contributed by atoms with E-state index in [1.54, 1.807) is 6.07 Å². The van der Waals surface area contributed by atoms with Crippen LogP contribution in [-0.4, -0.2) is 58.5 Å². The Labute approximate surface area is 198 Å². The number of rotatable bonds is 10. The van der Waals surface area contributed by atoms with Crippen molar-refractivity contribution in [1.29, 1.82) is 0 Å². The van der Waals surface area contributed by atoms with Gasteiger partial charge in [-0.25, -0.2) is 4.79 Å². The standard InChI is InChI=1S/C15H23N3O3.C10H8N2O/c16-9-4-7-13(15(20)21)18(14(19)11-17)10-8-12-5-2-1-3-6-12;11-10(13)8-5-7-3-1-2-4-9(7)12-6-8/h1-3,5-6,13H,4,7-11,16-17H2,(H,20,21);1-6H,(H2,11,13)/t13-;/m0./s1. The van der Waals surface area contributed by atoms with E-state index in [4.69, 9.17) is 17.2 Å². The third-order valence-electron chi connectivity index (χ3n) is 5.20. The van der Waals surface area contributed by atoms with E-state index in [2.05, 4.69) is 4.98 Å². The number of para-hydroxylation sites is 1. The largest absolute Gasteiger partial charge is 0.480 e. The van der Waals surface area contributed by atoms with Crippen LogP contribution in [0.2, 0.25) is 0 Å². The first-order chi connectivity index (χ1) is 16.4. The molecule has 2 amide bonds. The lowest BCUT2D eigenvalue weighted by molar-refractivity contribution is -0.150. The number of carboxylic acids is 1. The van der Waals surface area contributed by atoms with Gasteiger partial charge in [-0.1, -0.05) is 48.5 Å². The summed E-state index contributed by atoms with van der Waals surface area (Å²) in [4.78, 5) is 39.6. The normalized spacial score (nSPS) is 11.2. The van der Waals surface area contributed by atoms with Gasteiger partial charge in [0.1, 0.15) is 6.04 Å². The molecule has 34 heavy (non-hydrogen) atoms. The van der Waals surface area contributed by atoms with Gasteiger partial charge >= 0.3 is 5.97 Å². The molecular formula is C25H31N5O4. The fraction of sp³-hybridized carbons (Fsp3) is 0.280. The predicted molar refractivity (Wildman–Crippen MR) is 131 cm³/mol. The number of nitrogens with zero attached hydrogens (tertiary/aromatic N) is 2. The molecule has 0 aliphatic heterocycles. The van der Waals surface area contributed by atoms with Crippen LogP contribution in [0.25, 0.3) is 10.9 Å². The molecule has 7 N–H and O–H groups in total. The zero-order valence-electron chi connectivity index (χ0n) is 19.0. The molecule has 0 radical (unpaired) electrons. The molecule has 0 unspecified atom stereocenters. The highest BCUT2D eigenvalue weighted by atomic mass is 16.4. The summed E-state index contributed by atoms with van der Waals surface area (Å²) < 4.78 is 0. The Bertz CT molecular complexity index is 1090. The van der Waals surface area contributed by atoms with Gasteiger partial charge in [0.15, 0.2) is 0 Å². The summed E-state index contributed by atoms with van der Waals surface area (Å²) in [7, 11) is 0. The number of carboxylic acid groups (broad SMARTS) is 1. The van der Waals surface area contributed by atoms with Crippen LogP contribution in [0.5, 0.6) is 0 Å². The Balaban J connectivity index is 0.000000266. The average molecular weight is 466 g/mol. The van der Waals surface area contributed by atoms with Crippen LogP contribution in [0.1, 0.15) is 28.8 Å². The zero-order valence-corrected chi connectivity index (χ0v) is 19.0. The molecule has 2 aromatic carbocycles.